The summed E-state index contributed by atoms with van der Waals surface area (Å²) in [6, 6.07) is -0.676. The van der Waals surface area contributed by atoms with Crippen molar-refractivity contribution in [1.29, 1.82) is 0 Å². The van der Waals surface area contributed by atoms with Gasteiger partial charge in [-0.05, 0) is 74.1 Å². The molecule has 0 aromatic carbocycles. The Kier molecular flexibility index (Phi) is 18.6. The number of hydrogen-bond acceptors (Lipinski definition) is 13. The quantitative estimate of drug-likeness (QED) is 0.0432. The first-order valence-electron chi connectivity index (χ1n) is 24.2. The highest BCUT2D eigenvalue weighted by molar-refractivity contribution is 6.74. The molecule has 2 fully saturated rings. The molecule has 6 atom stereocenters. The Bertz CT molecular complexity index is 1830. The van der Waals surface area contributed by atoms with Crippen molar-refractivity contribution in [3.63, 3.8) is 0 Å². The van der Waals surface area contributed by atoms with Crippen LogP contribution < -0.4 is 10.6 Å². The lowest BCUT2D eigenvalue weighted by atomic mass is 9.75. The summed E-state index contributed by atoms with van der Waals surface area (Å²) in [5.41, 5.74) is -3.16. The van der Waals surface area contributed by atoms with Gasteiger partial charge in [-0.1, -0.05) is 68.2 Å². The maximum atomic E-state index is 14.1. The van der Waals surface area contributed by atoms with E-state index in [2.05, 4.69) is 10.6 Å². The van der Waals surface area contributed by atoms with Crippen molar-refractivity contribution < 1.29 is 52.0 Å². The van der Waals surface area contributed by atoms with E-state index in [0.29, 0.717) is 89.4 Å². The number of nitrogens with zero attached hydrogens (tertiary/aromatic N) is 4. The van der Waals surface area contributed by atoms with Crippen molar-refractivity contribution in [2.75, 3.05) is 65.7 Å². The van der Waals surface area contributed by atoms with Crippen LogP contribution >= 0.6 is 0 Å². The van der Waals surface area contributed by atoms with Gasteiger partial charge in [-0.15, -0.1) is 0 Å². The molecule has 0 bridgehead atoms. The fraction of sp³-hybridized carbons (Fsp3) is 0.766. The molecule has 4 rings (SSSR count). The van der Waals surface area contributed by atoms with Crippen molar-refractivity contribution in [1.82, 2.24) is 20.4 Å². The molecule has 2 N–H and O–H groups in total. The SMILES string of the molecule is CCCC(CNC(=O)N1CCOCC1)C1([N+](=O)[O-])C=C(C)C(OC(=O)OC2C=C(O[Si](C)(C)C(C)(C)C)C(C(CCC)CNC(=O)N3CCOCC3)([N+](=O)[O-])C=C2C)C=C1O[Si](C)(C)C(C)(C)C. The molecule has 4 aliphatic rings. The number of rotatable bonds is 18. The first-order chi connectivity index (χ1) is 31.6. The molecule has 2 heterocycles. The van der Waals surface area contributed by atoms with Crippen LogP contribution in [-0.2, 0) is 27.8 Å². The van der Waals surface area contributed by atoms with Crippen LogP contribution in [-0.4, -0.2) is 143 Å². The molecule has 2 aliphatic heterocycles. The molecular formula is C47H80N6O13Si2. The van der Waals surface area contributed by atoms with E-state index in [0.717, 1.165) is 0 Å². The molecule has 0 aromatic heterocycles. The number of carbonyl (C=O) groups excluding carboxylic acids is 3. The van der Waals surface area contributed by atoms with Gasteiger partial charge < -0.3 is 48.2 Å². The lowest BCUT2D eigenvalue weighted by molar-refractivity contribution is -0.559. The minimum atomic E-state index is -2.80. The highest BCUT2D eigenvalue weighted by Gasteiger charge is 2.60. The smallest absolute Gasteiger partial charge is 0.510 e. The lowest BCUT2D eigenvalue weighted by Crippen LogP contribution is -2.56. The third-order valence-electron chi connectivity index (χ3n) is 14.7. The number of morpholine rings is 2. The summed E-state index contributed by atoms with van der Waals surface area (Å²) >= 11 is 0. The predicted octanol–water partition coefficient (Wildman–Crippen LogP) is 8.56. The Balaban J connectivity index is 1.74. The minimum Gasteiger partial charge on any atom is -0.541 e. The van der Waals surface area contributed by atoms with Crippen molar-refractivity contribution in [3.05, 3.63) is 67.2 Å². The normalized spacial score (nSPS) is 24.8. The highest BCUT2D eigenvalue weighted by Crippen LogP contribution is 2.48. The van der Waals surface area contributed by atoms with Crippen LogP contribution in [0.25, 0.3) is 0 Å². The topological polar surface area (TPSA) is 223 Å². The third-order valence-corrected chi connectivity index (χ3v) is 23.4. The van der Waals surface area contributed by atoms with Crippen LogP contribution in [0.3, 0.4) is 0 Å². The molecule has 21 heteroatoms. The molecule has 0 aromatic rings. The summed E-state index contributed by atoms with van der Waals surface area (Å²) < 4.78 is 36.5. The third kappa shape index (κ3) is 12.6. The Labute approximate surface area is 405 Å². The van der Waals surface area contributed by atoms with Crippen molar-refractivity contribution >= 4 is 34.9 Å². The van der Waals surface area contributed by atoms with Crippen LogP contribution in [0.5, 0.6) is 0 Å². The van der Waals surface area contributed by atoms with E-state index < -0.39 is 57.9 Å². The number of carbonyl (C=O) groups is 3. The maximum Gasteiger partial charge on any atom is 0.510 e. The predicted molar refractivity (Wildman–Crippen MR) is 263 cm³/mol. The summed E-state index contributed by atoms with van der Waals surface area (Å²) in [6.45, 7) is 30.3. The summed E-state index contributed by atoms with van der Waals surface area (Å²) in [5.74, 6) is -1.46. The van der Waals surface area contributed by atoms with Gasteiger partial charge in [-0.25, -0.2) is 14.4 Å². The standard InChI is InChI=1S/C47H80N6O13Si2/c1-15-17-35(31-48-41(54)50-19-23-61-24-20-50)46(52(57)58)29-33(3)37(27-39(46)65-67(11,12)44(5,6)7)63-43(56)64-38-28-40(66-68(13,14)45(8,9)10)47(53(59)60,30-34(38)4)36(18-16-2)32-49-42(55)51-21-25-62-26-22-51/h27-30,35-38H,15-26,31-32H2,1-14H3,(H,48,54)(H,49,55). The van der Waals surface area contributed by atoms with Gasteiger partial charge in [0.15, 0.2) is 11.5 Å². The summed E-state index contributed by atoms with van der Waals surface area (Å²) in [7, 11) is -5.60. The second kappa shape index (κ2) is 22.5. The van der Waals surface area contributed by atoms with Crippen LogP contribution in [0.4, 0.5) is 14.4 Å². The first kappa shape index (κ1) is 56.1. The summed E-state index contributed by atoms with van der Waals surface area (Å²) in [4.78, 5) is 70.5. The zero-order valence-electron chi connectivity index (χ0n) is 43.1. The van der Waals surface area contributed by atoms with Crippen molar-refractivity contribution in [3.8, 4) is 0 Å². The number of nitrogens with one attached hydrogen (secondary N) is 2. The second-order valence-electron chi connectivity index (χ2n) is 21.6. The number of ether oxygens (including phenoxy) is 4. The van der Waals surface area contributed by atoms with E-state index in [4.69, 9.17) is 27.8 Å². The molecular weight excluding hydrogens is 913 g/mol. The van der Waals surface area contributed by atoms with Crippen molar-refractivity contribution in [2.45, 2.75) is 154 Å². The van der Waals surface area contributed by atoms with Crippen molar-refractivity contribution in [2.24, 2.45) is 11.8 Å². The molecule has 68 heavy (non-hydrogen) atoms. The molecule has 4 amide bonds. The largest absolute Gasteiger partial charge is 0.541 e. The average molecular weight is 993 g/mol. The molecule has 6 unspecified atom stereocenters. The Morgan fingerprint density at radius 1 is 0.691 bits per heavy atom. The fourth-order valence-corrected chi connectivity index (χ4v) is 10.6. The second-order valence-corrected chi connectivity index (χ2v) is 31.0. The molecule has 2 aliphatic carbocycles. The summed E-state index contributed by atoms with van der Waals surface area (Å²) in [5, 5.41) is 32.5. The molecule has 384 valence electrons. The van der Waals surface area contributed by atoms with Gasteiger partial charge in [0.2, 0.25) is 16.6 Å². The van der Waals surface area contributed by atoms with Gasteiger partial charge in [0.05, 0.1) is 38.3 Å². The zero-order valence-corrected chi connectivity index (χ0v) is 45.1. The van der Waals surface area contributed by atoms with Gasteiger partial charge in [0.1, 0.15) is 12.2 Å². The maximum absolute atomic E-state index is 14.1. The Morgan fingerprint density at radius 2 is 1.01 bits per heavy atom. The van der Waals surface area contributed by atoms with Gasteiger partial charge in [-0.3, -0.25) is 20.2 Å². The number of nitro groups is 2. The van der Waals surface area contributed by atoms with Crippen LogP contribution in [0.2, 0.25) is 36.3 Å². The van der Waals surface area contributed by atoms with Gasteiger partial charge in [-0.2, -0.15) is 0 Å². The summed E-state index contributed by atoms with van der Waals surface area (Å²) in [6.07, 6.45) is 4.39. The van der Waals surface area contributed by atoms with Crippen LogP contribution in [0.15, 0.2) is 47.0 Å². The lowest BCUT2D eigenvalue weighted by Gasteiger charge is -2.43. The highest BCUT2D eigenvalue weighted by atomic mass is 28.4. The monoisotopic (exact) mass is 993 g/mol. The molecule has 2 saturated heterocycles. The number of amides is 4. The molecule has 19 nitrogen and oxygen atoms in total. The van der Waals surface area contributed by atoms with Gasteiger partial charge in [0, 0.05) is 73.4 Å². The van der Waals surface area contributed by atoms with Gasteiger partial charge in [0.25, 0.3) is 11.1 Å². The van der Waals surface area contributed by atoms with E-state index in [1.165, 1.54) is 24.3 Å². The molecule has 0 spiro atoms. The number of urea groups is 2. The Morgan fingerprint density at radius 3 is 1.29 bits per heavy atom. The minimum absolute atomic E-state index is 0.0219. The Hall–Kier alpha value is -4.48. The van der Waals surface area contributed by atoms with E-state index in [1.54, 1.807) is 23.6 Å². The van der Waals surface area contributed by atoms with Gasteiger partial charge >= 0.3 is 18.2 Å². The van der Waals surface area contributed by atoms with E-state index >= 15 is 0 Å². The first-order valence-corrected chi connectivity index (χ1v) is 30.0. The van der Waals surface area contributed by atoms with Crippen LogP contribution in [0.1, 0.15) is 94.9 Å². The van der Waals surface area contributed by atoms with E-state index in [1.807, 2.05) is 81.6 Å². The average Bonchev–Trinajstić information content (AvgIpc) is 3.25. The molecule has 0 saturated carbocycles. The van der Waals surface area contributed by atoms with E-state index in [-0.39, 0.29) is 56.6 Å². The van der Waals surface area contributed by atoms with E-state index in [9.17, 15) is 34.6 Å². The molecule has 0 radical (unpaired) electrons. The fourth-order valence-electron chi connectivity index (χ4n) is 8.43. The zero-order chi connectivity index (χ0) is 51.0. The van der Waals surface area contributed by atoms with Crippen LogP contribution in [0, 0.1) is 32.1 Å². The number of hydrogen-bond donors (Lipinski definition) is 2.